The van der Waals surface area contributed by atoms with E-state index >= 15 is 0 Å². The molecule has 5 nitrogen and oxygen atoms in total. The van der Waals surface area contributed by atoms with Crippen LogP contribution in [0.5, 0.6) is 5.75 Å². The molecule has 2 aliphatic rings. The molecule has 1 N–H and O–H groups in total. The Labute approximate surface area is 214 Å². The van der Waals surface area contributed by atoms with Crippen molar-refractivity contribution in [3.05, 3.63) is 94.8 Å². The predicted octanol–water partition coefficient (Wildman–Crippen LogP) is 5.42. The lowest BCUT2D eigenvalue weighted by Crippen LogP contribution is -2.27. The largest absolute Gasteiger partial charge is 0.493 e. The maximum Gasteiger partial charge on any atom is 0.251 e. The molecule has 0 radical (unpaired) electrons. The SMILES string of the molecule is O=C(NCCc1ccccn1)c1ccc2c(c1)Cc1cccc(c1)CN(CC1CC1)CCCCCO2. The zero-order chi connectivity index (χ0) is 24.6. The molecule has 188 valence electrons. The molecule has 2 heterocycles. The molecular weight excluding hydrogens is 446 g/mol. The van der Waals surface area contributed by atoms with E-state index < -0.39 is 0 Å². The van der Waals surface area contributed by atoms with Crippen LogP contribution in [0.4, 0.5) is 0 Å². The number of ether oxygens (including phenoxy) is 1. The first-order valence-corrected chi connectivity index (χ1v) is 13.5. The lowest BCUT2D eigenvalue weighted by atomic mass is 9.99. The molecule has 1 aliphatic carbocycles. The van der Waals surface area contributed by atoms with Gasteiger partial charge in [0.25, 0.3) is 5.91 Å². The Morgan fingerprint density at radius 2 is 1.92 bits per heavy atom. The average Bonchev–Trinajstić information content (AvgIpc) is 3.71. The van der Waals surface area contributed by atoms with Crippen molar-refractivity contribution in [2.75, 3.05) is 26.2 Å². The molecule has 1 amide bonds. The number of pyridine rings is 1. The van der Waals surface area contributed by atoms with Crippen LogP contribution in [-0.4, -0.2) is 42.0 Å². The van der Waals surface area contributed by atoms with E-state index in [0.717, 1.165) is 48.9 Å². The first kappa shape index (κ1) is 24.5. The second-order valence-electron chi connectivity index (χ2n) is 10.2. The number of fused-ring (bicyclic) bond motifs is 3. The van der Waals surface area contributed by atoms with Crippen molar-refractivity contribution in [2.24, 2.45) is 5.92 Å². The molecule has 0 spiro atoms. The minimum absolute atomic E-state index is 0.0578. The first-order valence-electron chi connectivity index (χ1n) is 13.5. The third-order valence-electron chi connectivity index (χ3n) is 7.10. The molecule has 5 rings (SSSR count). The van der Waals surface area contributed by atoms with E-state index in [4.69, 9.17) is 4.74 Å². The summed E-state index contributed by atoms with van der Waals surface area (Å²) in [4.78, 5) is 19.9. The van der Waals surface area contributed by atoms with Gasteiger partial charge in [0, 0.05) is 49.9 Å². The van der Waals surface area contributed by atoms with E-state index in [2.05, 4.69) is 39.5 Å². The number of hydrogen-bond donors (Lipinski definition) is 1. The third-order valence-corrected chi connectivity index (χ3v) is 7.10. The van der Waals surface area contributed by atoms with Gasteiger partial charge in [0.2, 0.25) is 0 Å². The molecule has 36 heavy (non-hydrogen) atoms. The van der Waals surface area contributed by atoms with Crippen LogP contribution < -0.4 is 10.1 Å². The zero-order valence-electron chi connectivity index (χ0n) is 21.1. The van der Waals surface area contributed by atoms with Gasteiger partial charge in [-0.15, -0.1) is 0 Å². The third kappa shape index (κ3) is 7.17. The fourth-order valence-corrected chi connectivity index (χ4v) is 4.96. The lowest BCUT2D eigenvalue weighted by molar-refractivity contribution is 0.0954. The van der Waals surface area contributed by atoms with Gasteiger partial charge < -0.3 is 10.1 Å². The van der Waals surface area contributed by atoms with Crippen LogP contribution in [0.3, 0.4) is 0 Å². The summed E-state index contributed by atoms with van der Waals surface area (Å²) in [6, 6.07) is 20.6. The molecule has 1 fully saturated rings. The molecular formula is C31H37N3O2. The smallest absolute Gasteiger partial charge is 0.251 e. The molecule has 2 aromatic carbocycles. The average molecular weight is 484 g/mol. The molecule has 2 bridgehead atoms. The van der Waals surface area contributed by atoms with Crippen LogP contribution >= 0.6 is 0 Å². The lowest BCUT2D eigenvalue weighted by Gasteiger charge is -2.23. The Hall–Kier alpha value is -3.18. The highest BCUT2D eigenvalue weighted by Crippen LogP contribution is 2.31. The van der Waals surface area contributed by atoms with Gasteiger partial charge in [-0.1, -0.05) is 30.3 Å². The highest BCUT2D eigenvalue weighted by atomic mass is 16.5. The molecule has 5 heteroatoms. The Bertz CT molecular complexity index is 1140. The molecule has 1 aromatic heterocycles. The van der Waals surface area contributed by atoms with Crippen molar-refractivity contribution in [1.82, 2.24) is 15.2 Å². The summed E-state index contributed by atoms with van der Waals surface area (Å²) in [6.45, 7) is 4.68. The number of aromatic nitrogens is 1. The fraction of sp³-hybridized carbons (Fsp3) is 0.419. The van der Waals surface area contributed by atoms with Crippen LogP contribution in [0.1, 0.15) is 64.8 Å². The molecule has 0 atom stereocenters. The fourth-order valence-electron chi connectivity index (χ4n) is 4.96. The Kier molecular flexibility index (Phi) is 8.29. The van der Waals surface area contributed by atoms with Crippen molar-refractivity contribution in [1.29, 1.82) is 0 Å². The van der Waals surface area contributed by atoms with E-state index in [1.54, 1.807) is 6.20 Å². The van der Waals surface area contributed by atoms with Crippen molar-refractivity contribution >= 4 is 5.91 Å². The first-order chi connectivity index (χ1) is 17.7. The van der Waals surface area contributed by atoms with E-state index in [1.165, 1.54) is 43.4 Å². The summed E-state index contributed by atoms with van der Waals surface area (Å²) >= 11 is 0. The monoisotopic (exact) mass is 483 g/mol. The standard InChI is InChI=1S/C31H37N3O2/c35-31(33-16-14-29-9-2-3-15-32-29)27-12-13-30-28(21-27)20-25-7-6-8-26(19-25)23-34(22-24-10-11-24)17-4-1-5-18-36-30/h2-3,6-9,12-13,15,19,21,24H,1,4-5,10-11,14,16-18,20,22-23H2,(H,33,35). The summed E-state index contributed by atoms with van der Waals surface area (Å²) in [5.74, 6) is 1.73. The Balaban J connectivity index is 1.30. The summed E-state index contributed by atoms with van der Waals surface area (Å²) < 4.78 is 6.23. The highest BCUT2D eigenvalue weighted by molar-refractivity contribution is 5.94. The summed E-state index contributed by atoms with van der Waals surface area (Å²) in [5.41, 5.74) is 5.35. The normalized spacial score (nSPS) is 16.9. The van der Waals surface area contributed by atoms with Gasteiger partial charge in [0.1, 0.15) is 5.75 Å². The van der Waals surface area contributed by atoms with E-state index in [1.807, 2.05) is 36.4 Å². The number of rotatable bonds is 6. The second-order valence-corrected chi connectivity index (χ2v) is 10.2. The van der Waals surface area contributed by atoms with Crippen molar-refractivity contribution in [3.63, 3.8) is 0 Å². The number of benzene rings is 2. The van der Waals surface area contributed by atoms with Gasteiger partial charge in [0.15, 0.2) is 0 Å². The number of hydrogen-bond acceptors (Lipinski definition) is 4. The highest BCUT2D eigenvalue weighted by Gasteiger charge is 2.24. The summed E-state index contributed by atoms with van der Waals surface area (Å²) in [6.07, 6.45) is 9.46. The molecule has 0 saturated heterocycles. The Morgan fingerprint density at radius 3 is 2.78 bits per heavy atom. The van der Waals surface area contributed by atoms with E-state index in [0.29, 0.717) is 25.1 Å². The molecule has 1 aliphatic heterocycles. The van der Waals surface area contributed by atoms with Gasteiger partial charge in [-0.25, -0.2) is 0 Å². The van der Waals surface area contributed by atoms with Crippen molar-refractivity contribution in [3.8, 4) is 5.75 Å². The quantitative estimate of drug-likeness (QED) is 0.509. The van der Waals surface area contributed by atoms with Crippen LogP contribution in [0, 0.1) is 5.92 Å². The topological polar surface area (TPSA) is 54.5 Å². The van der Waals surface area contributed by atoms with E-state index in [9.17, 15) is 4.79 Å². The summed E-state index contributed by atoms with van der Waals surface area (Å²) in [7, 11) is 0. The van der Waals surface area contributed by atoms with Gasteiger partial charge in [-0.2, -0.15) is 0 Å². The van der Waals surface area contributed by atoms with Crippen LogP contribution in [-0.2, 0) is 19.4 Å². The molecule has 3 aromatic rings. The van der Waals surface area contributed by atoms with Gasteiger partial charge >= 0.3 is 0 Å². The minimum atomic E-state index is -0.0578. The predicted molar refractivity (Wildman–Crippen MR) is 143 cm³/mol. The van der Waals surface area contributed by atoms with Gasteiger partial charge in [0.05, 0.1) is 6.61 Å². The number of amides is 1. The number of carbonyl (C=O) groups is 1. The maximum absolute atomic E-state index is 12.9. The minimum Gasteiger partial charge on any atom is -0.493 e. The van der Waals surface area contributed by atoms with Crippen molar-refractivity contribution in [2.45, 2.75) is 51.5 Å². The summed E-state index contributed by atoms with van der Waals surface area (Å²) in [5, 5.41) is 3.04. The second kappa shape index (κ2) is 12.2. The van der Waals surface area contributed by atoms with Crippen LogP contribution in [0.2, 0.25) is 0 Å². The van der Waals surface area contributed by atoms with Crippen LogP contribution in [0.25, 0.3) is 0 Å². The number of nitrogens with zero attached hydrogens (tertiary/aromatic N) is 2. The zero-order valence-corrected chi connectivity index (χ0v) is 21.1. The van der Waals surface area contributed by atoms with Crippen molar-refractivity contribution < 1.29 is 9.53 Å². The number of carbonyl (C=O) groups excluding carboxylic acids is 1. The van der Waals surface area contributed by atoms with Crippen LogP contribution in [0.15, 0.2) is 66.9 Å². The Morgan fingerprint density at radius 1 is 1.00 bits per heavy atom. The number of nitrogens with one attached hydrogen (secondary N) is 1. The maximum atomic E-state index is 12.9. The van der Waals surface area contributed by atoms with E-state index in [-0.39, 0.29) is 5.91 Å². The molecule has 0 unspecified atom stereocenters. The van der Waals surface area contributed by atoms with Gasteiger partial charge in [-0.3, -0.25) is 14.7 Å². The molecule has 1 saturated carbocycles. The van der Waals surface area contributed by atoms with Gasteiger partial charge in [-0.05, 0) is 91.6 Å².